The minimum absolute atomic E-state index is 0.327. The molecule has 8 heteroatoms. The van der Waals surface area contributed by atoms with Gasteiger partial charge in [-0.1, -0.05) is 0 Å². The second-order valence-electron chi connectivity index (χ2n) is 7.50. The molecule has 0 fully saturated rings. The molecule has 28 heavy (non-hydrogen) atoms. The zero-order valence-corrected chi connectivity index (χ0v) is 20.8. The first-order valence-electron chi connectivity index (χ1n) is 10.7. The van der Waals surface area contributed by atoms with E-state index in [0.29, 0.717) is 18.5 Å². The number of unbranched alkanes of at least 4 members (excludes halogenated alkanes) is 3. The Kier molecular flexibility index (Phi) is 10.2. The van der Waals surface area contributed by atoms with Crippen LogP contribution in [0.5, 0.6) is 0 Å². The Morgan fingerprint density at radius 1 is 1.04 bits per heavy atom. The van der Waals surface area contributed by atoms with E-state index in [1.807, 2.05) is 6.20 Å². The molecule has 0 saturated carbocycles. The fourth-order valence-corrected chi connectivity index (χ4v) is 19.0. The summed E-state index contributed by atoms with van der Waals surface area (Å²) in [6, 6.07) is 2.20. The summed E-state index contributed by atoms with van der Waals surface area (Å²) >= 11 is -2.55. The molecule has 0 radical (unpaired) electrons. The molecule has 0 bridgehead atoms. The number of methoxy groups -OCH3 is 1. The van der Waals surface area contributed by atoms with Gasteiger partial charge in [0.1, 0.15) is 0 Å². The van der Waals surface area contributed by atoms with Gasteiger partial charge < -0.3 is 0 Å². The maximum atomic E-state index is 5.06. The molecule has 0 spiro atoms. The fraction of sp³-hybridized carbons (Fsp3) is 0.700. The van der Waals surface area contributed by atoms with E-state index < -0.39 is 18.4 Å². The van der Waals surface area contributed by atoms with Gasteiger partial charge in [0.25, 0.3) is 0 Å². The Balaban J connectivity index is 2.26. The number of nitrogens with zero attached hydrogens (tertiary/aromatic N) is 5. The minimum atomic E-state index is -2.55. The third-order valence-corrected chi connectivity index (χ3v) is 20.4. The van der Waals surface area contributed by atoms with Gasteiger partial charge in [0.2, 0.25) is 0 Å². The van der Waals surface area contributed by atoms with E-state index in [4.69, 9.17) is 9.72 Å². The molecule has 2 rings (SSSR count). The van der Waals surface area contributed by atoms with Gasteiger partial charge in [0, 0.05) is 0 Å². The fourth-order valence-electron chi connectivity index (χ4n) is 3.67. The monoisotopic (exact) mass is 496 g/mol. The zero-order valence-electron chi connectivity index (χ0n) is 17.9. The van der Waals surface area contributed by atoms with Gasteiger partial charge in [-0.2, -0.15) is 0 Å². The first kappa shape index (κ1) is 23.1. The van der Waals surface area contributed by atoms with E-state index in [-0.39, 0.29) is 0 Å². The number of rotatable bonds is 14. The van der Waals surface area contributed by atoms with Crippen molar-refractivity contribution in [1.29, 1.82) is 0 Å². The molecule has 0 aliphatic carbocycles. The average molecular weight is 495 g/mol. The summed E-state index contributed by atoms with van der Waals surface area (Å²) in [4.78, 5) is 11.0. The van der Waals surface area contributed by atoms with Crippen LogP contribution in [0.25, 0.3) is 0 Å². The van der Waals surface area contributed by atoms with Gasteiger partial charge in [-0.3, -0.25) is 0 Å². The summed E-state index contributed by atoms with van der Waals surface area (Å²) in [6.45, 7) is 7.22. The van der Waals surface area contributed by atoms with Crippen molar-refractivity contribution >= 4 is 33.9 Å². The Bertz CT molecular complexity index is 671. The Morgan fingerprint density at radius 2 is 1.68 bits per heavy atom. The van der Waals surface area contributed by atoms with Crippen LogP contribution in [0.1, 0.15) is 59.3 Å². The topological polar surface area (TPSA) is 77.8 Å². The zero-order chi connectivity index (χ0) is 20.2. The first-order valence-corrected chi connectivity index (χ1v) is 18.1. The van der Waals surface area contributed by atoms with E-state index >= 15 is 0 Å². The van der Waals surface area contributed by atoms with Crippen molar-refractivity contribution < 1.29 is 4.74 Å². The third kappa shape index (κ3) is 6.69. The first-order chi connectivity index (χ1) is 13.7. The Morgan fingerprint density at radius 3 is 2.25 bits per heavy atom. The number of ether oxygens (including phenoxy) is 1. The van der Waals surface area contributed by atoms with Crippen LogP contribution in [0.15, 0.2) is 18.5 Å². The molecule has 0 unspecified atom stereocenters. The van der Waals surface area contributed by atoms with Crippen molar-refractivity contribution in [2.75, 3.05) is 12.4 Å². The third-order valence-electron chi connectivity index (χ3n) is 5.25. The average Bonchev–Trinajstić information content (AvgIpc) is 3.15. The second kappa shape index (κ2) is 12.4. The molecular weight excluding hydrogens is 459 g/mol. The van der Waals surface area contributed by atoms with Gasteiger partial charge in [0.15, 0.2) is 0 Å². The number of nitrogens with one attached hydrogen (secondary N) is 1. The van der Waals surface area contributed by atoms with E-state index in [9.17, 15) is 0 Å². The number of hydrogen-bond acceptors (Lipinski definition) is 6. The van der Waals surface area contributed by atoms with Crippen LogP contribution >= 0.6 is 0 Å². The molecule has 156 valence electrons. The van der Waals surface area contributed by atoms with Gasteiger partial charge in [-0.15, -0.1) is 0 Å². The normalized spacial score (nSPS) is 11.7. The van der Waals surface area contributed by atoms with Gasteiger partial charge >= 0.3 is 174 Å². The summed E-state index contributed by atoms with van der Waals surface area (Å²) in [5.41, 5.74) is 0. The molecule has 0 amide bonds. The van der Waals surface area contributed by atoms with E-state index in [2.05, 4.69) is 47.3 Å². The van der Waals surface area contributed by atoms with Crippen molar-refractivity contribution in [3.05, 3.63) is 18.5 Å². The maximum absolute atomic E-state index is 5.06. The van der Waals surface area contributed by atoms with Crippen LogP contribution in [0.2, 0.25) is 13.3 Å². The summed E-state index contributed by atoms with van der Waals surface area (Å²) in [7, 11) is 1.62. The summed E-state index contributed by atoms with van der Waals surface area (Å²) in [5.74, 6) is 1.28. The molecular formula is C20H36N6OSn. The standard InChI is InChI=1S/C8H9N6O.3C4H9.Sn/c1-15-6-14-11-5-7(13-14)12-8-9-3-2-4-10-8;3*1-3-4-2;/h2-3,5H,6H2,1H3,(H,9,10,12,13);3*1,3-4H2,2H3;. The number of aromatic nitrogens is 5. The Labute approximate surface area is 173 Å². The van der Waals surface area contributed by atoms with E-state index in [1.165, 1.54) is 60.3 Å². The molecule has 1 N–H and O–H groups in total. The van der Waals surface area contributed by atoms with E-state index in [0.717, 1.165) is 0 Å². The molecule has 0 atom stereocenters. The van der Waals surface area contributed by atoms with Crippen molar-refractivity contribution in [2.24, 2.45) is 0 Å². The van der Waals surface area contributed by atoms with Crippen molar-refractivity contribution in [1.82, 2.24) is 25.0 Å². The van der Waals surface area contributed by atoms with Crippen LogP contribution in [0, 0.1) is 0 Å². The SMILES string of the molecule is CCC[CH2][Sn]([CH2]CCC)([CH2]CCC)[c]1ccnc(Nc2cnn(COC)n2)n1. The van der Waals surface area contributed by atoms with Crippen molar-refractivity contribution in [2.45, 2.75) is 79.3 Å². The summed E-state index contributed by atoms with van der Waals surface area (Å²) < 4.78 is 10.6. The van der Waals surface area contributed by atoms with E-state index in [1.54, 1.807) is 13.3 Å². The predicted octanol–water partition coefficient (Wildman–Crippen LogP) is 4.47. The molecule has 7 nitrogen and oxygen atoms in total. The Hall–Kier alpha value is -1.22. The van der Waals surface area contributed by atoms with Gasteiger partial charge in [-0.05, 0) is 0 Å². The van der Waals surface area contributed by atoms with Crippen LogP contribution in [0.3, 0.4) is 0 Å². The molecule has 2 heterocycles. The predicted molar refractivity (Wildman–Crippen MR) is 117 cm³/mol. The van der Waals surface area contributed by atoms with Crippen LogP contribution in [-0.4, -0.2) is 50.4 Å². The summed E-state index contributed by atoms with van der Waals surface area (Å²) in [6.07, 6.45) is 11.3. The molecule has 2 aromatic heterocycles. The van der Waals surface area contributed by atoms with Gasteiger partial charge in [-0.25, -0.2) is 0 Å². The van der Waals surface area contributed by atoms with Crippen molar-refractivity contribution in [3.8, 4) is 0 Å². The quantitative estimate of drug-likeness (QED) is 0.390. The van der Waals surface area contributed by atoms with Crippen molar-refractivity contribution in [3.63, 3.8) is 0 Å². The molecule has 0 aromatic carbocycles. The number of hydrogen-bond donors (Lipinski definition) is 1. The molecule has 0 saturated heterocycles. The van der Waals surface area contributed by atoms with Gasteiger partial charge in [0.05, 0.1) is 0 Å². The molecule has 0 aliphatic rings. The molecule has 0 aliphatic heterocycles. The van der Waals surface area contributed by atoms with Crippen LogP contribution in [-0.2, 0) is 11.5 Å². The van der Waals surface area contributed by atoms with Crippen LogP contribution < -0.4 is 9.03 Å². The molecule has 2 aromatic rings. The summed E-state index contributed by atoms with van der Waals surface area (Å²) in [5, 5.41) is 11.7. The second-order valence-corrected chi connectivity index (χ2v) is 20.6. The van der Waals surface area contributed by atoms with Crippen LogP contribution in [0.4, 0.5) is 11.8 Å². The number of anilines is 2.